The molecule has 0 aromatic heterocycles. The Morgan fingerprint density at radius 2 is 2.05 bits per heavy atom. The average molecular weight is 282 g/mol. The minimum Gasteiger partial charge on any atom is -0.321 e. The Morgan fingerprint density at radius 1 is 1.37 bits per heavy atom. The van der Waals surface area contributed by atoms with E-state index < -0.39 is 0 Å². The molecule has 1 aliphatic carbocycles. The highest BCUT2D eigenvalue weighted by atomic mass is 35.5. The lowest BCUT2D eigenvalue weighted by molar-refractivity contribution is -0.121. The van der Waals surface area contributed by atoms with Crippen molar-refractivity contribution in [3.05, 3.63) is 35.4 Å². The number of hydrogen-bond acceptors (Lipinski definition) is 2. The first-order valence-electron chi connectivity index (χ1n) is 6.95. The molecule has 2 N–H and O–H groups in total. The highest BCUT2D eigenvalue weighted by Gasteiger charge is 2.25. The van der Waals surface area contributed by atoms with Gasteiger partial charge in [-0.1, -0.05) is 38.1 Å². The van der Waals surface area contributed by atoms with Crippen molar-refractivity contribution in [2.45, 2.75) is 51.5 Å². The van der Waals surface area contributed by atoms with Gasteiger partial charge in [0.15, 0.2) is 0 Å². The molecule has 0 bridgehead atoms. The standard InChI is InChI=1S/C16H23NO.ClH/c1-11(2)16(17)15(18)10-13-8-5-7-12-6-3-4-9-14(12)13;/h3-4,6,9,11,13,16H,5,7-8,10,17H2,1-2H3;1H/t13-,16+;/m0./s1. The van der Waals surface area contributed by atoms with Gasteiger partial charge in [0.25, 0.3) is 0 Å². The molecule has 1 aliphatic rings. The second-order valence-corrected chi connectivity index (χ2v) is 5.73. The average Bonchev–Trinajstić information content (AvgIpc) is 2.38. The summed E-state index contributed by atoms with van der Waals surface area (Å²) in [4.78, 5) is 12.1. The van der Waals surface area contributed by atoms with Crippen molar-refractivity contribution >= 4 is 18.2 Å². The lowest BCUT2D eigenvalue weighted by Gasteiger charge is -2.26. The van der Waals surface area contributed by atoms with E-state index in [0.29, 0.717) is 12.3 Å². The van der Waals surface area contributed by atoms with E-state index in [1.807, 2.05) is 13.8 Å². The van der Waals surface area contributed by atoms with Crippen LogP contribution < -0.4 is 5.73 Å². The van der Waals surface area contributed by atoms with Crippen molar-refractivity contribution in [1.82, 2.24) is 0 Å². The zero-order valence-electron chi connectivity index (χ0n) is 11.8. The Kier molecular flexibility index (Phi) is 6.02. The number of rotatable bonds is 4. The summed E-state index contributed by atoms with van der Waals surface area (Å²) >= 11 is 0. The van der Waals surface area contributed by atoms with Crippen LogP contribution in [0.3, 0.4) is 0 Å². The summed E-state index contributed by atoms with van der Waals surface area (Å²) in [6.45, 7) is 4.02. The number of carbonyl (C=O) groups is 1. The molecule has 0 amide bonds. The number of Topliss-reactive ketones (excluding diaryl/α,β-unsaturated/α-hetero) is 1. The zero-order valence-corrected chi connectivity index (χ0v) is 12.6. The second kappa shape index (κ2) is 7.06. The first-order chi connectivity index (χ1) is 8.59. The summed E-state index contributed by atoms with van der Waals surface area (Å²) in [7, 11) is 0. The minimum atomic E-state index is -0.306. The molecule has 1 aromatic rings. The lowest BCUT2D eigenvalue weighted by Crippen LogP contribution is -2.36. The van der Waals surface area contributed by atoms with Crippen LogP contribution in [0, 0.1) is 5.92 Å². The topological polar surface area (TPSA) is 43.1 Å². The fourth-order valence-corrected chi connectivity index (χ4v) is 2.82. The number of halogens is 1. The molecule has 0 saturated heterocycles. The molecule has 19 heavy (non-hydrogen) atoms. The minimum absolute atomic E-state index is 0. The van der Waals surface area contributed by atoms with Crippen LogP contribution in [0.5, 0.6) is 0 Å². The van der Waals surface area contributed by atoms with Gasteiger partial charge in [-0.05, 0) is 42.2 Å². The number of benzene rings is 1. The SMILES string of the molecule is CC(C)[C@@H](N)C(=O)C[C@@H]1CCCc2ccccc21.Cl. The van der Waals surface area contributed by atoms with Crippen LogP contribution in [0.1, 0.15) is 50.2 Å². The maximum Gasteiger partial charge on any atom is 0.150 e. The first kappa shape index (κ1) is 16.2. The molecular formula is C16H24ClNO. The van der Waals surface area contributed by atoms with E-state index in [0.717, 1.165) is 12.8 Å². The molecule has 0 spiro atoms. The van der Waals surface area contributed by atoms with Crippen LogP contribution in [-0.4, -0.2) is 11.8 Å². The second-order valence-electron chi connectivity index (χ2n) is 5.73. The lowest BCUT2D eigenvalue weighted by atomic mass is 9.79. The normalized spacial score (nSPS) is 19.5. The molecule has 0 unspecified atom stereocenters. The van der Waals surface area contributed by atoms with E-state index in [1.54, 1.807) is 0 Å². The smallest absolute Gasteiger partial charge is 0.150 e. The van der Waals surface area contributed by atoms with E-state index in [2.05, 4.69) is 24.3 Å². The van der Waals surface area contributed by atoms with Crippen molar-refractivity contribution in [2.75, 3.05) is 0 Å². The van der Waals surface area contributed by atoms with Crippen molar-refractivity contribution in [3.63, 3.8) is 0 Å². The third-order valence-corrected chi connectivity index (χ3v) is 4.03. The van der Waals surface area contributed by atoms with Crippen LogP contribution >= 0.6 is 12.4 Å². The molecule has 3 heteroatoms. The summed E-state index contributed by atoms with van der Waals surface area (Å²) in [5, 5.41) is 0. The van der Waals surface area contributed by atoms with Gasteiger partial charge in [0.05, 0.1) is 6.04 Å². The molecule has 0 radical (unpaired) electrons. The fraction of sp³-hybridized carbons (Fsp3) is 0.562. The number of fused-ring (bicyclic) bond motifs is 1. The van der Waals surface area contributed by atoms with Gasteiger partial charge < -0.3 is 5.73 Å². The maximum absolute atomic E-state index is 12.1. The molecule has 0 fully saturated rings. The van der Waals surface area contributed by atoms with Crippen LogP contribution in [0.15, 0.2) is 24.3 Å². The Labute approximate surface area is 122 Å². The molecule has 2 rings (SSSR count). The van der Waals surface area contributed by atoms with Gasteiger partial charge in [0, 0.05) is 6.42 Å². The van der Waals surface area contributed by atoms with Crippen molar-refractivity contribution < 1.29 is 4.79 Å². The Hall–Kier alpha value is -0.860. The number of aryl methyl sites for hydroxylation is 1. The highest BCUT2D eigenvalue weighted by Crippen LogP contribution is 2.34. The summed E-state index contributed by atoms with van der Waals surface area (Å²) < 4.78 is 0. The van der Waals surface area contributed by atoms with Crippen LogP contribution in [0.25, 0.3) is 0 Å². The van der Waals surface area contributed by atoms with Gasteiger partial charge in [0.2, 0.25) is 0 Å². The Bertz CT molecular complexity index is 431. The molecule has 0 saturated carbocycles. The quantitative estimate of drug-likeness (QED) is 0.918. The van der Waals surface area contributed by atoms with E-state index in [1.165, 1.54) is 17.5 Å². The molecule has 2 atom stereocenters. The van der Waals surface area contributed by atoms with Gasteiger partial charge in [-0.2, -0.15) is 0 Å². The van der Waals surface area contributed by atoms with Crippen molar-refractivity contribution in [2.24, 2.45) is 11.7 Å². The Morgan fingerprint density at radius 3 is 2.74 bits per heavy atom. The van der Waals surface area contributed by atoms with Crippen LogP contribution in [-0.2, 0) is 11.2 Å². The molecule has 2 nitrogen and oxygen atoms in total. The fourth-order valence-electron chi connectivity index (χ4n) is 2.82. The van der Waals surface area contributed by atoms with Gasteiger partial charge in [-0.15, -0.1) is 12.4 Å². The first-order valence-corrected chi connectivity index (χ1v) is 6.95. The predicted molar refractivity (Wildman–Crippen MR) is 81.8 cm³/mol. The number of nitrogens with two attached hydrogens (primary N) is 1. The number of carbonyl (C=O) groups excluding carboxylic acids is 1. The monoisotopic (exact) mass is 281 g/mol. The van der Waals surface area contributed by atoms with Crippen LogP contribution in [0.4, 0.5) is 0 Å². The van der Waals surface area contributed by atoms with E-state index in [4.69, 9.17) is 5.73 Å². The van der Waals surface area contributed by atoms with Gasteiger partial charge in [-0.25, -0.2) is 0 Å². The van der Waals surface area contributed by atoms with E-state index in [9.17, 15) is 4.79 Å². The maximum atomic E-state index is 12.1. The molecule has 0 heterocycles. The van der Waals surface area contributed by atoms with Gasteiger partial charge in [-0.3, -0.25) is 4.79 Å². The van der Waals surface area contributed by atoms with Crippen molar-refractivity contribution in [3.8, 4) is 0 Å². The van der Waals surface area contributed by atoms with Gasteiger partial charge in [0.1, 0.15) is 5.78 Å². The zero-order chi connectivity index (χ0) is 13.1. The highest BCUT2D eigenvalue weighted by molar-refractivity contribution is 5.85. The molecule has 0 aliphatic heterocycles. The summed E-state index contributed by atoms with van der Waals surface area (Å²) in [6, 6.07) is 8.22. The summed E-state index contributed by atoms with van der Waals surface area (Å²) in [5.74, 6) is 0.829. The van der Waals surface area contributed by atoms with Gasteiger partial charge >= 0.3 is 0 Å². The predicted octanol–water partition coefficient (Wildman–Crippen LogP) is 3.47. The third kappa shape index (κ3) is 3.80. The summed E-state index contributed by atoms with van der Waals surface area (Å²) in [5.41, 5.74) is 8.73. The molecule has 1 aromatic carbocycles. The molecule has 106 valence electrons. The van der Waals surface area contributed by atoms with Crippen LogP contribution in [0.2, 0.25) is 0 Å². The van der Waals surface area contributed by atoms with Crippen molar-refractivity contribution in [1.29, 1.82) is 0 Å². The third-order valence-electron chi connectivity index (χ3n) is 4.03. The number of hydrogen-bond donors (Lipinski definition) is 1. The van der Waals surface area contributed by atoms with E-state index in [-0.39, 0.29) is 30.2 Å². The number of ketones is 1. The molecular weight excluding hydrogens is 258 g/mol. The largest absolute Gasteiger partial charge is 0.321 e. The Balaban J connectivity index is 0.00000180. The summed E-state index contributed by atoms with van der Waals surface area (Å²) in [6.07, 6.45) is 4.06. The van der Waals surface area contributed by atoms with E-state index >= 15 is 0 Å².